The van der Waals surface area contributed by atoms with Crippen molar-refractivity contribution >= 4 is 11.9 Å². The van der Waals surface area contributed by atoms with E-state index in [0.717, 1.165) is 26.1 Å². The molecule has 0 radical (unpaired) electrons. The molecule has 6 heteroatoms. The lowest BCUT2D eigenvalue weighted by Crippen LogP contribution is -2.55. The maximum Gasteiger partial charge on any atom is 0.325 e. The summed E-state index contributed by atoms with van der Waals surface area (Å²) in [5.41, 5.74) is 5.16. The van der Waals surface area contributed by atoms with Gasteiger partial charge in [-0.25, -0.2) is 4.79 Å². The molecule has 20 heavy (non-hydrogen) atoms. The summed E-state index contributed by atoms with van der Waals surface area (Å²) in [7, 11) is 0. The van der Waals surface area contributed by atoms with Crippen LogP contribution >= 0.6 is 0 Å². The van der Waals surface area contributed by atoms with Crippen molar-refractivity contribution in [3.8, 4) is 0 Å². The van der Waals surface area contributed by atoms with Crippen molar-refractivity contribution in [1.29, 1.82) is 0 Å². The number of nitrogens with two attached hydrogens (primary N) is 1. The zero-order chi connectivity index (χ0) is 14.8. The van der Waals surface area contributed by atoms with Crippen LogP contribution in [0.5, 0.6) is 0 Å². The SMILES string of the molecule is C=CCN1CCC2(CC1)NC(=O)N(CC(N)CC)C2=O. The first-order valence-electron chi connectivity index (χ1n) is 7.25. The van der Waals surface area contributed by atoms with E-state index in [4.69, 9.17) is 5.73 Å². The van der Waals surface area contributed by atoms with Gasteiger partial charge < -0.3 is 11.1 Å². The standard InChI is InChI=1S/C14H24N4O2/c1-3-7-17-8-5-14(6-9-17)12(19)18(13(20)16-14)10-11(15)4-2/h3,11H,1,4-10,15H2,2H3,(H,16,20). The van der Waals surface area contributed by atoms with E-state index >= 15 is 0 Å². The van der Waals surface area contributed by atoms with Crippen LogP contribution in [-0.2, 0) is 4.79 Å². The van der Waals surface area contributed by atoms with Crippen LogP contribution in [0.1, 0.15) is 26.2 Å². The predicted molar refractivity (Wildman–Crippen MR) is 77.1 cm³/mol. The van der Waals surface area contributed by atoms with E-state index in [9.17, 15) is 9.59 Å². The third kappa shape index (κ3) is 2.71. The molecule has 0 aromatic rings. The van der Waals surface area contributed by atoms with Crippen LogP contribution in [0.3, 0.4) is 0 Å². The summed E-state index contributed by atoms with van der Waals surface area (Å²) in [6.45, 7) is 8.40. The number of piperidine rings is 1. The van der Waals surface area contributed by atoms with Crippen LogP contribution < -0.4 is 11.1 Å². The number of carbonyl (C=O) groups excluding carboxylic acids is 2. The number of nitrogens with zero attached hydrogens (tertiary/aromatic N) is 2. The first-order chi connectivity index (χ1) is 9.52. The highest BCUT2D eigenvalue weighted by molar-refractivity contribution is 6.07. The number of urea groups is 1. The molecule has 112 valence electrons. The number of amides is 3. The normalized spacial score (nSPS) is 24.0. The van der Waals surface area contributed by atoms with Crippen molar-refractivity contribution in [1.82, 2.24) is 15.1 Å². The van der Waals surface area contributed by atoms with Gasteiger partial charge in [-0.15, -0.1) is 6.58 Å². The first-order valence-corrected chi connectivity index (χ1v) is 7.25. The van der Waals surface area contributed by atoms with Gasteiger partial charge in [0.15, 0.2) is 0 Å². The van der Waals surface area contributed by atoms with E-state index in [0.29, 0.717) is 19.4 Å². The van der Waals surface area contributed by atoms with E-state index in [1.807, 2.05) is 13.0 Å². The number of carbonyl (C=O) groups is 2. The molecule has 0 aromatic heterocycles. The fraction of sp³-hybridized carbons (Fsp3) is 0.714. The largest absolute Gasteiger partial charge is 0.326 e. The monoisotopic (exact) mass is 280 g/mol. The minimum atomic E-state index is -0.706. The van der Waals surface area contributed by atoms with Crippen molar-refractivity contribution in [2.24, 2.45) is 5.73 Å². The topological polar surface area (TPSA) is 78.7 Å². The summed E-state index contributed by atoms with van der Waals surface area (Å²) in [5.74, 6) is -0.107. The Hall–Kier alpha value is -1.40. The zero-order valence-corrected chi connectivity index (χ0v) is 12.1. The fourth-order valence-electron chi connectivity index (χ4n) is 2.84. The molecule has 0 bridgehead atoms. The summed E-state index contributed by atoms with van der Waals surface area (Å²) >= 11 is 0. The molecule has 0 aromatic carbocycles. The number of hydrogen-bond donors (Lipinski definition) is 2. The summed E-state index contributed by atoms with van der Waals surface area (Å²) in [6, 6.07) is -0.447. The summed E-state index contributed by atoms with van der Waals surface area (Å²) in [6.07, 6.45) is 3.92. The Morgan fingerprint density at radius 2 is 2.10 bits per heavy atom. The van der Waals surface area contributed by atoms with Gasteiger partial charge in [-0.3, -0.25) is 14.6 Å². The minimum absolute atomic E-state index is 0.107. The van der Waals surface area contributed by atoms with Crippen LogP contribution in [0.2, 0.25) is 0 Å². The van der Waals surface area contributed by atoms with Crippen LogP contribution in [0.4, 0.5) is 4.79 Å². The first kappa shape index (κ1) is 15.0. The Morgan fingerprint density at radius 1 is 1.45 bits per heavy atom. The van der Waals surface area contributed by atoms with Gasteiger partial charge in [-0.05, 0) is 19.3 Å². The van der Waals surface area contributed by atoms with Gasteiger partial charge in [0.05, 0.1) is 0 Å². The van der Waals surface area contributed by atoms with E-state index in [-0.39, 0.29) is 18.0 Å². The molecule has 2 saturated heterocycles. The van der Waals surface area contributed by atoms with E-state index < -0.39 is 5.54 Å². The lowest BCUT2D eigenvalue weighted by Gasteiger charge is -2.36. The number of nitrogens with one attached hydrogen (secondary N) is 1. The maximum atomic E-state index is 12.6. The molecule has 2 rings (SSSR count). The number of hydrogen-bond acceptors (Lipinski definition) is 4. The third-order valence-electron chi connectivity index (χ3n) is 4.28. The Morgan fingerprint density at radius 3 is 2.65 bits per heavy atom. The van der Waals surface area contributed by atoms with E-state index in [1.165, 1.54) is 4.90 Å². The second-order valence-electron chi connectivity index (χ2n) is 5.69. The maximum absolute atomic E-state index is 12.6. The molecular weight excluding hydrogens is 256 g/mol. The molecule has 1 atom stereocenters. The lowest BCUT2D eigenvalue weighted by molar-refractivity contribution is -0.133. The fourth-order valence-corrected chi connectivity index (χ4v) is 2.84. The molecule has 1 spiro atoms. The van der Waals surface area contributed by atoms with Gasteiger partial charge in [0.2, 0.25) is 0 Å². The van der Waals surface area contributed by atoms with Crippen molar-refractivity contribution in [3.63, 3.8) is 0 Å². The Balaban J connectivity index is 2.02. The molecular formula is C14H24N4O2. The van der Waals surface area contributed by atoms with E-state index in [2.05, 4.69) is 16.8 Å². The second-order valence-corrected chi connectivity index (χ2v) is 5.69. The number of rotatable bonds is 5. The Bertz CT molecular complexity index is 402. The smallest absolute Gasteiger partial charge is 0.325 e. The van der Waals surface area contributed by atoms with Crippen molar-refractivity contribution in [3.05, 3.63) is 12.7 Å². The molecule has 1 unspecified atom stereocenters. The highest BCUT2D eigenvalue weighted by atomic mass is 16.2. The van der Waals surface area contributed by atoms with Gasteiger partial charge in [0.25, 0.3) is 5.91 Å². The molecule has 0 saturated carbocycles. The summed E-state index contributed by atoms with van der Waals surface area (Å²) in [5, 5.41) is 2.89. The molecule has 2 fully saturated rings. The summed E-state index contributed by atoms with van der Waals surface area (Å²) < 4.78 is 0. The third-order valence-corrected chi connectivity index (χ3v) is 4.28. The highest BCUT2D eigenvalue weighted by Crippen LogP contribution is 2.29. The number of likely N-dealkylation sites (tertiary alicyclic amines) is 1. The molecule has 2 aliphatic rings. The Labute approximate surface area is 120 Å². The molecule has 2 heterocycles. The minimum Gasteiger partial charge on any atom is -0.326 e. The van der Waals surface area contributed by atoms with Gasteiger partial charge in [0, 0.05) is 32.2 Å². The van der Waals surface area contributed by atoms with Crippen molar-refractivity contribution in [2.45, 2.75) is 37.8 Å². The average molecular weight is 280 g/mol. The molecule has 3 N–H and O–H groups in total. The van der Waals surface area contributed by atoms with Crippen LogP contribution in [0.25, 0.3) is 0 Å². The van der Waals surface area contributed by atoms with Crippen LogP contribution in [-0.4, -0.2) is 59.5 Å². The van der Waals surface area contributed by atoms with Gasteiger partial charge in [-0.2, -0.15) is 0 Å². The van der Waals surface area contributed by atoms with E-state index in [1.54, 1.807) is 0 Å². The Kier molecular flexibility index (Phi) is 4.45. The van der Waals surface area contributed by atoms with Crippen LogP contribution in [0.15, 0.2) is 12.7 Å². The number of imide groups is 1. The molecule has 3 amide bonds. The van der Waals surface area contributed by atoms with Gasteiger partial charge in [0.1, 0.15) is 5.54 Å². The molecule has 6 nitrogen and oxygen atoms in total. The van der Waals surface area contributed by atoms with Gasteiger partial charge in [-0.1, -0.05) is 13.0 Å². The molecule has 2 aliphatic heterocycles. The average Bonchev–Trinajstić information content (AvgIpc) is 2.66. The van der Waals surface area contributed by atoms with Crippen molar-refractivity contribution in [2.75, 3.05) is 26.2 Å². The predicted octanol–water partition coefficient (Wildman–Crippen LogP) is 0.296. The van der Waals surface area contributed by atoms with Crippen molar-refractivity contribution < 1.29 is 9.59 Å². The second kappa shape index (κ2) is 5.93. The highest BCUT2D eigenvalue weighted by Gasteiger charge is 2.52. The summed E-state index contributed by atoms with van der Waals surface area (Å²) in [4.78, 5) is 28.1. The zero-order valence-electron chi connectivity index (χ0n) is 12.1. The van der Waals surface area contributed by atoms with Crippen LogP contribution in [0, 0.1) is 0 Å². The molecule has 0 aliphatic carbocycles. The quantitative estimate of drug-likeness (QED) is 0.561. The lowest BCUT2D eigenvalue weighted by atomic mass is 9.87. The van der Waals surface area contributed by atoms with Gasteiger partial charge >= 0.3 is 6.03 Å².